The maximum absolute atomic E-state index is 15.9. The maximum atomic E-state index is 15.9. The lowest BCUT2D eigenvalue weighted by molar-refractivity contribution is -0.382. The van der Waals surface area contributed by atoms with Crippen molar-refractivity contribution in [3.8, 4) is 34.8 Å². The summed E-state index contributed by atoms with van der Waals surface area (Å²) in [6, 6.07) is 15.3. The first kappa shape index (κ1) is 22.8. The summed E-state index contributed by atoms with van der Waals surface area (Å²) in [6.45, 7) is 6.47. The Morgan fingerprint density at radius 3 is 2.44 bits per heavy atom. The van der Waals surface area contributed by atoms with Crippen molar-refractivity contribution in [3.05, 3.63) is 76.2 Å². The van der Waals surface area contributed by atoms with Crippen LogP contribution in [0, 0.1) is 33.9 Å². The summed E-state index contributed by atoms with van der Waals surface area (Å²) in [5.74, 6) is 0.214. The third-order valence-corrected chi connectivity index (χ3v) is 5.40. The molecular formula is C26H23FN5O2+. The Labute approximate surface area is 195 Å². The van der Waals surface area contributed by atoms with E-state index in [4.69, 9.17) is 10.00 Å². The molecule has 0 saturated heterocycles. The van der Waals surface area contributed by atoms with Crippen molar-refractivity contribution in [2.24, 2.45) is 12.5 Å². The Kier molecular flexibility index (Phi) is 5.68. The van der Waals surface area contributed by atoms with Crippen LogP contribution in [-0.2, 0) is 13.6 Å². The van der Waals surface area contributed by atoms with Gasteiger partial charge in [-0.1, -0.05) is 20.8 Å². The van der Waals surface area contributed by atoms with Crippen molar-refractivity contribution >= 4 is 11.0 Å². The molecule has 0 radical (unpaired) electrons. The molecule has 0 spiro atoms. The van der Waals surface area contributed by atoms with Gasteiger partial charge in [-0.2, -0.15) is 10.5 Å². The molecule has 2 aromatic heterocycles. The van der Waals surface area contributed by atoms with E-state index < -0.39 is 5.82 Å². The molecule has 170 valence electrons. The predicted octanol–water partition coefficient (Wildman–Crippen LogP) is 4.54. The molecule has 4 aromatic rings. The van der Waals surface area contributed by atoms with E-state index in [9.17, 15) is 10.1 Å². The number of aryl methyl sites for hydroxylation is 1. The van der Waals surface area contributed by atoms with Crippen LogP contribution >= 0.6 is 0 Å². The number of pyridine rings is 1. The first-order chi connectivity index (χ1) is 16.1. The van der Waals surface area contributed by atoms with E-state index in [-0.39, 0.29) is 27.7 Å². The second-order valence-electron chi connectivity index (χ2n) is 9.25. The van der Waals surface area contributed by atoms with Gasteiger partial charge in [0.05, 0.1) is 23.2 Å². The van der Waals surface area contributed by atoms with Crippen molar-refractivity contribution in [3.63, 3.8) is 0 Å². The number of ether oxygens (including phenoxy) is 1. The van der Waals surface area contributed by atoms with E-state index in [1.54, 1.807) is 54.2 Å². The zero-order valence-corrected chi connectivity index (χ0v) is 19.3. The molecule has 0 aliphatic rings. The number of fused-ring (bicyclic) bond motifs is 1. The summed E-state index contributed by atoms with van der Waals surface area (Å²) in [4.78, 5) is 15.6. The third kappa shape index (κ3) is 4.14. The Morgan fingerprint density at radius 1 is 1.03 bits per heavy atom. The van der Waals surface area contributed by atoms with E-state index in [0.717, 1.165) is 0 Å². The van der Waals surface area contributed by atoms with Gasteiger partial charge in [-0.25, -0.2) is 14.2 Å². The fraction of sp³-hybridized carbons (Fsp3) is 0.231. The van der Waals surface area contributed by atoms with Crippen LogP contribution in [0.4, 0.5) is 4.39 Å². The van der Waals surface area contributed by atoms with Crippen LogP contribution in [-0.4, -0.2) is 9.13 Å². The number of rotatable bonds is 4. The number of nitriles is 2. The van der Waals surface area contributed by atoms with Gasteiger partial charge in [-0.05, 0) is 35.7 Å². The lowest BCUT2D eigenvalue weighted by Crippen LogP contribution is -2.27. The summed E-state index contributed by atoms with van der Waals surface area (Å²) in [6.07, 6.45) is 1.58. The highest BCUT2D eigenvalue weighted by molar-refractivity contribution is 5.85. The highest BCUT2D eigenvalue weighted by atomic mass is 19.1. The molecule has 7 nitrogen and oxygen atoms in total. The molecule has 2 heterocycles. The van der Waals surface area contributed by atoms with Gasteiger partial charge in [0, 0.05) is 30.8 Å². The summed E-state index contributed by atoms with van der Waals surface area (Å²) in [7, 11) is 1.54. The molecule has 0 bridgehead atoms. The number of aromatic amines is 1. The number of hydrogen-bond acceptors (Lipinski definition) is 4. The number of benzene rings is 2. The van der Waals surface area contributed by atoms with Gasteiger partial charge in [-0.15, -0.1) is 0 Å². The first-order valence-corrected chi connectivity index (χ1v) is 10.6. The van der Waals surface area contributed by atoms with E-state index in [1.165, 1.54) is 10.6 Å². The Morgan fingerprint density at radius 2 is 1.76 bits per heavy atom. The Balaban J connectivity index is 1.85. The van der Waals surface area contributed by atoms with Gasteiger partial charge in [0.2, 0.25) is 0 Å². The van der Waals surface area contributed by atoms with Crippen LogP contribution in [0.2, 0.25) is 0 Å². The average Bonchev–Trinajstić information content (AvgIpc) is 3.03. The van der Waals surface area contributed by atoms with E-state index >= 15 is 4.39 Å². The molecule has 0 aliphatic heterocycles. The molecule has 2 aromatic carbocycles. The molecule has 0 atom stereocenters. The normalized spacial score (nSPS) is 11.3. The van der Waals surface area contributed by atoms with Crippen LogP contribution in [0.3, 0.4) is 0 Å². The first-order valence-electron chi connectivity index (χ1n) is 10.6. The zero-order valence-electron chi connectivity index (χ0n) is 19.3. The van der Waals surface area contributed by atoms with Gasteiger partial charge in [-0.3, -0.25) is 9.13 Å². The van der Waals surface area contributed by atoms with Crippen molar-refractivity contribution in [2.75, 3.05) is 0 Å². The highest BCUT2D eigenvalue weighted by Crippen LogP contribution is 2.34. The van der Waals surface area contributed by atoms with Crippen LogP contribution in [0.1, 0.15) is 32.0 Å². The number of nitrogens with one attached hydrogen (secondary N) is 1. The van der Waals surface area contributed by atoms with Crippen LogP contribution in [0.15, 0.2) is 53.5 Å². The Hall–Kier alpha value is -4.43. The lowest BCUT2D eigenvalue weighted by Gasteiger charge is -2.18. The smallest absolute Gasteiger partial charge is 0.328 e. The fourth-order valence-corrected chi connectivity index (χ4v) is 3.92. The molecule has 0 aliphatic carbocycles. The monoisotopic (exact) mass is 456 g/mol. The topological polar surface area (TPSA) is 97.9 Å². The molecule has 1 N–H and O–H groups in total. The summed E-state index contributed by atoms with van der Waals surface area (Å²) >= 11 is 0. The molecule has 0 saturated carbocycles. The van der Waals surface area contributed by atoms with Crippen LogP contribution < -0.4 is 15.4 Å². The van der Waals surface area contributed by atoms with Gasteiger partial charge >= 0.3 is 5.69 Å². The van der Waals surface area contributed by atoms with Crippen molar-refractivity contribution in [1.82, 2.24) is 9.13 Å². The van der Waals surface area contributed by atoms with E-state index in [0.29, 0.717) is 34.8 Å². The molecule has 4 rings (SSSR count). The third-order valence-electron chi connectivity index (χ3n) is 5.40. The van der Waals surface area contributed by atoms with Crippen molar-refractivity contribution in [1.29, 1.82) is 10.5 Å². The van der Waals surface area contributed by atoms with Gasteiger partial charge in [0.1, 0.15) is 17.0 Å². The van der Waals surface area contributed by atoms with Crippen molar-refractivity contribution < 1.29 is 14.1 Å². The summed E-state index contributed by atoms with van der Waals surface area (Å²) in [5.41, 5.74) is 1.34. The second kappa shape index (κ2) is 8.49. The number of nitrogens with zero attached hydrogens (tertiary/aromatic N) is 4. The van der Waals surface area contributed by atoms with Gasteiger partial charge in [0.15, 0.2) is 18.1 Å². The minimum atomic E-state index is -0.584. The van der Waals surface area contributed by atoms with E-state index in [1.807, 2.05) is 26.8 Å². The number of halogens is 1. The number of hydrogen-bond donors (Lipinski definition) is 0. The van der Waals surface area contributed by atoms with Crippen molar-refractivity contribution in [2.45, 2.75) is 27.3 Å². The largest absolute Gasteiger partial charge is 0.457 e. The standard InChI is InChI=1S/C26H22FN5O2/c1-26(2,3)15-32-22-8-7-20(23(27)24(22)31(4)25(32)33)21-12-18(6-5-16(21)13-28)34-19-9-10-30-17(11-19)14-29/h5-12H,15H2,1-4H3/p+1. The lowest BCUT2D eigenvalue weighted by atomic mass is 9.96. The minimum Gasteiger partial charge on any atom is -0.457 e. The number of H-pyrrole nitrogens is 1. The second-order valence-corrected chi connectivity index (χ2v) is 9.25. The fourth-order valence-electron chi connectivity index (χ4n) is 3.92. The van der Waals surface area contributed by atoms with E-state index in [2.05, 4.69) is 11.1 Å². The number of imidazole rings is 1. The van der Waals surface area contributed by atoms with Gasteiger partial charge in [0.25, 0.3) is 5.69 Å². The summed E-state index contributed by atoms with van der Waals surface area (Å²) < 4.78 is 24.6. The maximum Gasteiger partial charge on any atom is 0.328 e. The SMILES string of the molecule is Cn1c(=O)n(CC(C)(C)C)c2ccc(-c3cc(Oc4cc[nH+]c(C#N)c4)ccc3C#N)c(F)c21. The van der Waals surface area contributed by atoms with Crippen LogP contribution in [0.5, 0.6) is 11.5 Å². The van der Waals surface area contributed by atoms with Crippen LogP contribution in [0.25, 0.3) is 22.2 Å². The zero-order chi connectivity index (χ0) is 24.6. The quantitative estimate of drug-likeness (QED) is 0.450. The average molecular weight is 457 g/mol. The highest BCUT2D eigenvalue weighted by Gasteiger charge is 2.22. The molecule has 0 amide bonds. The Bertz CT molecular complexity index is 1560. The summed E-state index contributed by atoms with van der Waals surface area (Å²) in [5, 5.41) is 18.7. The molecule has 0 unspecified atom stereocenters. The molecular weight excluding hydrogens is 433 g/mol. The van der Waals surface area contributed by atoms with Gasteiger partial charge < -0.3 is 4.74 Å². The minimum absolute atomic E-state index is 0.173. The number of aromatic nitrogens is 3. The predicted molar refractivity (Wildman–Crippen MR) is 125 cm³/mol. The molecule has 0 fully saturated rings. The molecule has 34 heavy (non-hydrogen) atoms. The molecule has 8 heteroatoms.